The van der Waals surface area contributed by atoms with Gasteiger partial charge in [-0.15, -0.1) is 35.3 Å². The number of rotatable bonds is 7. The number of benzene rings is 1. The molecule has 1 heterocycles. The molecule has 0 aliphatic heterocycles. The molecular weight excluding hydrogens is 454 g/mol. The number of halogens is 2. The van der Waals surface area contributed by atoms with Gasteiger partial charge < -0.3 is 15.4 Å². The molecule has 0 radical (unpaired) electrons. The Labute approximate surface area is 169 Å². The van der Waals surface area contributed by atoms with Gasteiger partial charge in [-0.3, -0.25) is 0 Å². The maximum absolute atomic E-state index is 13.2. The van der Waals surface area contributed by atoms with Gasteiger partial charge >= 0.3 is 0 Å². The van der Waals surface area contributed by atoms with Crippen molar-refractivity contribution >= 4 is 41.3 Å². The lowest BCUT2D eigenvalue weighted by atomic mass is 10.3. The molecule has 8 heteroatoms. The topological polar surface area (TPSA) is 58.5 Å². The van der Waals surface area contributed by atoms with Crippen LogP contribution in [0.15, 0.2) is 35.5 Å². The minimum Gasteiger partial charge on any atom is -0.489 e. The Kier molecular flexibility index (Phi) is 9.73. The number of ether oxygens (including phenoxy) is 1. The second-order valence-corrected chi connectivity index (χ2v) is 6.63. The first-order chi connectivity index (χ1) is 11.6. The molecule has 2 aromatic rings. The zero-order valence-electron chi connectivity index (χ0n) is 14.6. The first kappa shape index (κ1) is 21.6. The normalized spacial score (nSPS) is 12.2. The van der Waals surface area contributed by atoms with E-state index >= 15 is 0 Å². The molecule has 1 aromatic heterocycles. The van der Waals surface area contributed by atoms with Crippen molar-refractivity contribution in [2.75, 3.05) is 13.1 Å². The van der Waals surface area contributed by atoms with Crippen LogP contribution in [0, 0.1) is 12.7 Å². The molecule has 2 N–H and O–H groups in total. The summed E-state index contributed by atoms with van der Waals surface area (Å²) < 4.78 is 18.9. The summed E-state index contributed by atoms with van der Waals surface area (Å²) in [5.41, 5.74) is 0. The van der Waals surface area contributed by atoms with Crippen LogP contribution in [0.25, 0.3) is 0 Å². The van der Waals surface area contributed by atoms with Gasteiger partial charge in [0.1, 0.15) is 17.7 Å². The van der Waals surface area contributed by atoms with Crippen LogP contribution in [0.5, 0.6) is 5.75 Å². The number of aryl methyl sites for hydroxylation is 1. The van der Waals surface area contributed by atoms with Crippen LogP contribution < -0.4 is 15.4 Å². The zero-order chi connectivity index (χ0) is 17.4. The van der Waals surface area contributed by atoms with Crippen LogP contribution in [0.1, 0.15) is 23.7 Å². The van der Waals surface area contributed by atoms with Gasteiger partial charge in [0.05, 0.1) is 18.1 Å². The van der Waals surface area contributed by atoms with E-state index in [-0.39, 0.29) is 35.9 Å². The summed E-state index contributed by atoms with van der Waals surface area (Å²) in [4.78, 5) is 9.89. The van der Waals surface area contributed by atoms with E-state index in [0.717, 1.165) is 22.4 Å². The van der Waals surface area contributed by atoms with E-state index in [2.05, 4.69) is 20.6 Å². The third kappa shape index (κ3) is 8.00. The van der Waals surface area contributed by atoms with Gasteiger partial charge in [-0.05, 0) is 32.9 Å². The van der Waals surface area contributed by atoms with Crippen LogP contribution in [-0.4, -0.2) is 30.1 Å². The maximum Gasteiger partial charge on any atom is 0.191 e. The summed E-state index contributed by atoms with van der Waals surface area (Å²) in [6.45, 7) is 7.83. The van der Waals surface area contributed by atoms with E-state index in [9.17, 15) is 4.39 Å². The number of thiazole rings is 1. The Morgan fingerprint density at radius 2 is 2.20 bits per heavy atom. The maximum atomic E-state index is 13.2. The second-order valence-electron chi connectivity index (χ2n) is 5.31. The molecule has 0 aliphatic rings. The van der Waals surface area contributed by atoms with Crippen molar-refractivity contribution in [2.24, 2.45) is 4.99 Å². The number of hydrogen-bond acceptors (Lipinski definition) is 4. The molecule has 0 bridgehead atoms. The van der Waals surface area contributed by atoms with Gasteiger partial charge in [-0.1, -0.05) is 6.07 Å². The smallest absolute Gasteiger partial charge is 0.191 e. The molecule has 0 fully saturated rings. The highest BCUT2D eigenvalue weighted by molar-refractivity contribution is 14.0. The molecule has 0 saturated carbocycles. The molecule has 1 aromatic carbocycles. The first-order valence-corrected chi connectivity index (χ1v) is 8.74. The van der Waals surface area contributed by atoms with E-state index in [1.165, 1.54) is 12.1 Å². The Balaban J connectivity index is 0.00000312. The van der Waals surface area contributed by atoms with Gasteiger partial charge in [0.15, 0.2) is 5.96 Å². The predicted molar refractivity (Wildman–Crippen MR) is 112 cm³/mol. The number of hydrogen-bond donors (Lipinski definition) is 2. The zero-order valence-corrected chi connectivity index (χ0v) is 17.7. The lowest BCUT2D eigenvalue weighted by Gasteiger charge is -2.17. The van der Waals surface area contributed by atoms with E-state index in [0.29, 0.717) is 18.8 Å². The molecule has 5 nitrogen and oxygen atoms in total. The fourth-order valence-corrected chi connectivity index (χ4v) is 2.75. The van der Waals surface area contributed by atoms with Crippen molar-refractivity contribution in [3.05, 3.63) is 46.2 Å². The van der Waals surface area contributed by atoms with Gasteiger partial charge in [0.25, 0.3) is 0 Å². The molecule has 0 spiro atoms. The minimum atomic E-state index is -0.303. The SMILES string of the molecule is CCNC(=NCc1cnc(C)s1)NCC(C)Oc1cccc(F)c1.I. The quantitative estimate of drug-likeness (QED) is 0.362. The first-order valence-electron chi connectivity index (χ1n) is 7.92. The summed E-state index contributed by atoms with van der Waals surface area (Å²) in [6, 6.07) is 6.15. The molecule has 0 aliphatic carbocycles. The lowest BCUT2D eigenvalue weighted by molar-refractivity contribution is 0.223. The molecule has 1 unspecified atom stereocenters. The van der Waals surface area contributed by atoms with E-state index in [1.807, 2.05) is 27.0 Å². The predicted octanol–water partition coefficient (Wildman–Crippen LogP) is 3.73. The number of guanidine groups is 1. The van der Waals surface area contributed by atoms with Crippen molar-refractivity contribution in [3.63, 3.8) is 0 Å². The third-order valence-electron chi connectivity index (χ3n) is 3.10. The Bertz CT molecular complexity index is 680. The Morgan fingerprint density at radius 3 is 2.84 bits per heavy atom. The van der Waals surface area contributed by atoms with Crippen LogP contribution in [-0.2, 0) is 6.54 Å². The fourth-order valence-electron chi connectivity index (χ4n) is 2.03. The molecule has 0 saturated heterocycles. The fraction of sp³-hybridized carbons (Fsp3) is 0.412. The van der Waals surface area contributed by atoms with E-state index in [4.69, 9.17) is 4.74 Å². The molecule has 2 rings (SSSR count). The largest absolute Gasteiger partial charge is 0.489 e. The van der Waals surface area contributed by atoms with Gasteiger partial charge in [0.2, 0.25) is 0 Å². The summed E-state index contributed by atoms with van der Waals surface area (Å²) >= 11 is 1.64. The highest BCUT2D eigenvalue weighted by Crippen LogP contribution is 2.14. The molecule has 0 amide bonds. The van der Waals surface area contributed by atoms with Crippen molar-refractivity contribution < 1.29 is 9.13 Å². The van der Waals surface area contributed by atoms with Crippen molar-refractivity contribution in [1.29, 1.82) is 0 Å². The summed E-state index contributed by atoms with van der Waals surface area (Å²) in [5.74, 6) is 0.937. The number of aromatic nitrogens is 1. The highest BCUT2D eigenvalue weighted by atomic mass is 127. The molecular formula is C17H24FIN4OS. The van der Waals surface area contributed by atoms with Crippen molar-refractivity contribution in [1.82, 2.24) is 15.6 Å². The average Bonchev–Trinajstić information content (AvgIpc) is 2.95. The summed E-state index contributed by atoms with van der Waals surface area (Å²) in [6.07, 6.45) is 1.73. The number of aliphatic imine (C=N–C) groups is 1. The number of nitrogens with zero attached hydrogens (tertiary/aromatic N) is 2. The average molecular weight is 478 g/mol. The van der Waals surface area contributed by atoms with E-state index < -0.39 is 0 Å². The molecule has 138 valence electrons. The third-order valence-corrected chi connectivity index (χ3v) is 3.99. The van der Waals surface area contributed by atoms with Crippen LogP contribution in [0.2, 0.25) is 0 Å². The van der Waals surface area contributed by atoms with Crippen molar-refractivity contribution in [3.8, 4) is 5.75 Å². The van der Waals surface area contributed by atoms with Crippen LogP contribution in [0.3, 0.4) is 0 Å². The van der Waals surface area contributed by atoms with Gasteiger partial charge in [-0.2, -0.15) is 0 Å². The van der Waals surface area contributed by atoms with Gasteiger partial charge in [0, 0.05) is 23.7 Å². The number of nitrogens with one attached hydrogen (secondary N) is 2. The Hall–Kier alpha value is -1.42. The van der Waals surface area contributed by atoms with Crippen LogP contribution in [0.4, 0.5) is 4.39 Å². The van der Waals surface area contributed by atoms with Gasteiger partial charge in [-0.25, -0.2) is 14.4 Å². The minimum absolute atomic E-state index is 0. The van der Waals surface area contributed by atoms with E-state index in [1.54, 1.807) is 23.5 Å². The second kappa shape index (κ2) is 11.2. The van der Waals surface area contributed by atoms with Crippen molar-refractivity contribution in [2.45, 2.75) is 33.4 Å². The molecule has 1 atom stereocenters. The summed E-state index contributed by atoms with van der Waals surface area (Å²) in [7, 11) is 0. The Morgan fingerprint density at radius 1 is 1.40 bits per heavy atom. The summed E-state index contributed by atoms with van der Waals surface area (Å²) in [5, 5.41) is 7.47. The molecule has 25 heavy (non-hydrogen) atoms. The lowest BCUT2D eigenvalue weighted by Crippen LogP contribution is -2.41. The monoisotopic (exact) mass is 478 g/mol. The van der Waals surface area contributed by atoms with Crippen LogP contribution >= 0.6 is 35.3 Å². The standard InChI is InChI=1S/C17H23FN4OS.HI/c1-4-19-17(22-11-16-10-20-13(3)24-16)21-9-12(2)23-15-7-5-6-14(18)8-15;/h5-8,10,12H,4,9,11H2,1-3H3,(H2,19,21,22);1H. The highest BCUT2D eigenvalue weighted by Gasteiger charge is 2.07.